The Kier molecular flexibility index (Phi) is 4.83. The molecule has 19 heavy (non-hydrogen) atoms. The van der Waals surface area contributed by atoms with Crippen molar-refractivity contribution in [3.05, 3.63) is 59.1 Å². The lowest BCUT2D eigenvalue weighted by Crippen LogP contribution is -2.13. The van der Waals surface area contributed by atoms with Crippen LogP contribution < -0.4 is 10.2 Å². The number of nitrogens with zero attached hydrogens (tertiary/aromatic N) is 1. The van der Waals surface area contributed by atoms with Crippen molar-refractivity contribution in [2.75, 3.05) is 18.5 Å². The minimum Gasteiger partial charge on any atom is -0.345 e. The molecule has 0 bridgehead atoms. The van der Waals surface area contributed by atoms with Crippen molar-refractivity contribution in [2.24, 2.45) is 0 Å². The minimum absolute atomic E-state index is 0.807. The van der Waals surface area contributed by atoms with Gasteiger partial charge in [-0.3, -0.25) is 0 Å². The Bertz CT molecular complexity index is 526. The summed E-state index contributed by atoms with van der Waals surface area (Å²) in [6.45, 7) is 3.85. The molecule has 0 radical (unpaired) electrons. The smallest absolute Gasteiger partial charge is 0.0471 e. The van der Waals surface area contributed by atoms with Crippen LogP contribution in [0.15, 0.2) is 48.5 Å². The summed E-state index contributed by atoms with van der Waals surface area (Å²) in [5.74, 6) is 0. The lowest BCUT2D eigenvalue weighted by Gasteiger charge is -2.20. The van der Waals surface area contributed by atoms with Crippen LogP contribution in [-0.2, 0) is 6.54 Å². The summed E-state index contributed by atoms with van der Waals surface area (Å²) in [6, 6.07) is 16.5. The number of nitrogens with one attached hydrogen (secondary N) is 1. The number of hydrogen-bond donors (Lipinski definition) is 1. The summed E-state index contributed by atoms with van der Waals surface area (Å²) in [6.07, 6.45) is 0. The Morgan fingerprint density at radius 2 is 1.79 bits per heavy atom. The molecule has 0 saturated heterocycles. The van der Waals surface area contributed by atoms with E-state index in [9.17, 15) is 0 Å². The third-order valence-electron chi connectivity index (χ3n) is 3.13. The van der Waals surface area contributed by atoms with Gasteiger partial charge in [0, 0.05) is 30.0 Å². The molecule has 0 aromatic heterocycles. The van der Waals surface area contributed by atoms with Crippen molar-refractivity contribution >= 4 is 23.0 Å². The van der Waals surface area contributed by atoms with Gasteiger partial charge in [-0.15, -0.1) is 0 Å². The van der Waals surface area contributed by atoms with Crippen molar-refractivity contribution in [3.8, 4) is 0 Å². The molecular formula is C16H19ClN2. The van der Waals surface area contributed by atoms with E-state index in [-0.39, 0.29) is 0 Å². The highest BCUT2D eigenvalue weighted by Gasteiger charge is 2.06. The lowest BCUT2D eigenvalue weighted by molar-refractivity contribution is 0.727. The lowest BCUT2D eigenvalue weighted by atomic mass is 10.2. The predicted molar refractivity (Wildman–Crippen MR) is 83.3 cm³/mol. The first kappa shape index (κ1) is 13.9. The van der Waals surface area contributed by atoms with Crippen molar-refractivity contribution in [1.82, 2.24) is 5.32 Å². The van der Waals surface area contributed by atoms with E-state index >= 15 is 0 Å². The number of halogens is 1. The van der Waals surface area contributed by atoms with Crippen LogP contribution in [0.2, 0.25) is 5.02 Å². The molecule has 0 saturated carbocycles. The molecule has 0 spiro atoms. The van der Waals surface area contributed by atoms with Gasteiger partial charge in [0.25, 0.3) is 0 Å². The van der Waals surface area contributed by atoms with Crippen molar-refractivity contribution in [2.45, 2.75) is 13.5 Å². The number of para-hydroxylation sites is 1. The fourth-order valence-electron chi connectivity index (χ4n) is 1.95. The van der Waals surface area contributed by atoms with Crippen molar-refractivity contribution in [1.29, 1.82) is 0 Å². The highest BCUT2D eigenvalue weighted by Crippen LogP contribution is 2.27. The molecule has 0 aliphatic carbocycles. The highest BCUT2D eigenvalue weighted by atomic mass is 35.5. The fraction of sp³-hybridized carbons (Fsp3) is 0.250. The molecule has 2 aromatic carbocycles. The molecule has 0 aliphatic heterocycles. The molecule has 0 fully saturated rings. The molecule has 1 N–H and O–H groups in total. The standard InChI is InChI=1S/C16H19ClN2/c1-3-18-12-13-9-10-15(11-16(13)17)19(2)14-7-5-4-6-8-14/h4-11,18H,3,12H2,1-2H3. The van der Waals surface area contributed by atoms with Crippen molar-refractivity contribution < 1.29 is 0 Å². The van der Waals surface area contributed by atoms with Gasteiger partial charge in [0.1, 0.15) is 0 Å². The largest absolute Gasteiger partial charge is 0.345 e. The number of anilines is 2. The van der Waals surface area contributed by atoms with Crippen LogP contribution in [0.3, 0.4) is 0 Å². The SMILES string of the molecule is CCNCc1ccc(N(C)c2ccccc2)cc1Cl. The Hall–Kier alpha value is -1.51. The van der Waals surface area contributed by atoms with Gasteiger partial charge in [-0.05, 0) is 36.4 Å². The molecule has 0 heterocycles. The van der Waals surface area contributed by atoms with E-state index in [0.29, 0.717) is 0 Å². The first-order valence-corrected chi connectivity index (χ1v) is 6.88. The van der Waals surface area contributed by atoms with Gasteiger partial charge in [-0.2, -0.15) is 0 Å². The van der Waals surface area contributed by atoms with Crippen LogP contribution in [0.5, 0.6) is 0 Å². The van der Waals surface area contributed by atoms with E-state index in [2.05, 4.69) is 41.4 Å². The first-order chi connectivity index (χ1) is 9.22. The molecule has 2 nitrogen and oxygen atoms in total. The quantitative estimate of drug-likeness (QED) is 0.878. The highest BCUT2D eigenvalue weighted by molar-refractivity contribution is 6.31. The second-order valence-corrected chi connectivity index (χ2v) is 4.86. The van der Waals surface area contributed by atoms with E-state index in [1.165, 1.54) is 0 Å². The molecule has 3 heteroatoms. The van der Waals surface area contributed by atoms with Gasteiger partial charge in [-0.1, -0.05) is 42.8 Å². The van der Waals surface area contributed by atoms with E-state index in [1.54, 1.807) is 0 Å². The van der Waals surface area contributed by atoms with E-state index in [1.807, 2.05) is 31.3 Å². The van der Waals surface area contributed by atoms with Gasteiger partial charge in [0.2, 0.25) is 0 Å². The Balaban J connectivity index is 2.20. The Labute approximate surface area is 120 Å². The molecule has 2 aromatic rings. The summed E-state index contributed by atoms with van der Waals surface area (Å²) in [5.41, 5.74) is 3.38. The second-order valence-electron chi connectivity index (χ2n) is 4.45. The average molecular weight is 275 g/mol. The molecule has 0 atom stereocenters. The van der Waals surface area contributed by atoms with Crippen LogP contribution in [-0.4, -0.2) is 13.6 Å². The fourth-order valence-corrected chi connectivity index (χ4v) is 2.19. The zero-order valence-corrected chi connectivity index (χ0v) is 12.1. The molecule has 0 amide bonds. The maximum atomic E-state index is 6.33. The van der Waals surface area contributed by atoms with Crippen molar-refractivity contribution in [3.63, 3.8) is 0 Å². The number of rotatable bonds is 5. The third-order valence-corrected chi connectivity index (χ3v) is 3.48. The third kappa shape index (κ3) is 3.49. The van der Waals surface area contributed by atoms with Gasteiger partial charge >= 0.3 is 0 Å². The molecule has 100 valence electrons. The topological polar surface area (TPSA) is 15.3 Å². The predicted octanol–water partition coefficient (Wildman–Crippen LogP) is 4.22. The van der Waals surface area contributed by atoms with Gasteiger partial charge in [0.05, 0.1) is 0 Å². The van der Waals surface area contributed by atoms with Gasteiger partial charge in [0.15, 0.2) is 0 Å². The number of hydrogen-bond acceptors (Lipinski definition) is 2. The minimum atomic E-state index is 0.807. The second kappa shape index (κ2) is 6.60. The Morgan fingerprint density at radius 3 is 2.42 bits per heavy atom. The molecule has 2 rings (SSSR count). The van der Waals surface area contributed by atoms with E-state index in [4.69, 9.17) is 11.6 Å². The molecular weight excluding hydrogens is 256 g/mol. The summed E-state index contributed by atoms with van der Waals surface area (Å²) < 4.78 is 0. The maximum Gasteiger partial charge on any atom is 0.0471 e. The summed E-state index contributed by atoms with van der Waals surface area (Å²) in [5, 5.41) is 4.09. The van der Waals surface area contributed by atoms with Crippen LogP contribution in [0.1, 0.15) is 12.5 Å². The average Bonchev–Trinajstić information content (AvgIpc) is 2.46. The summed E-state index contributed by atoms with van der Waals surface area (Å²) in [7, 11) is 2.05. The monoisotopic (exact) mass is 274 g/mol. The van der Waals surface area contributed by atoms with Crippen LogP contribution in [0, 0.1) is 0 Å². The summed E-state index contributed by atoms with van der Waals surface area (Å²) in [4.78, 5) is 2.13. The van der Waals surface area contributed by atoms with Crippen LogP contribution in [0.25, 0.3) is 0 Å². The number of benzene rings is 2. The van der Waals surface area contributed by atoms with Crippen LogP contribution in [0.4, 0.5) is 11.4 Å². The molecule has 0 unspecified atom stereocenters. The first-order valence-electron chi connectivity index (χ1n) is 6.50. The van der Waals surface area contributed by atoms with Crippen LogP contribution >= 0.6 is 11.6 Å². The van der Waals surface area contributed by atoms with E-state index < -0.39 is 0 Å². The molecule has 0 aliphatic rings. The normalized spacial score (nSPS) is 10.5. The van der Waals surface area contributed by atoms with Gasteiger partial charge in [-0.25, -0.2) is 0 Å². The Morgan fingerprint density at radius 1 is 1.05 bits per heavy atom. The van der Waals surface area contributed by atoms with Gasteiger partial charge < -0.3 is 10.2 Å². The zero-order valence-electron chi connectivity index (χ0n) is 11.4. The zero-order chi connectivity index (χ0) is 13.7. The van der Waals surface area contributed by atoms with E-state index in [0.717, 1.165) is 35.1 Å². The maximum absolute atomic E-state index is 6.33. The summed E-state index contributed by atoms with van der Waals surface area (Å²) >= 11 is 6.33.